The highest BCUT2D eigenvalue weighted by molar-refractivity contribution is 6.32. The highest BCUT2D eigenvalue weighted by Crippen LogP contribution is 2.32. The van der Waals surface area contributed by atoms with E-state index in [1.807, 2.05) is 18.2 Å². The monoisotopic (exact) mass is 289 g/mol. The minimum atomic E-state index is 0.636. The third-order valence-corrected chi connectivity index (χ3v) is 3.61. The molecule has 0 aliphatic rings. The van der Waals surface area contributed by atoms with Gasteiger partial charge in [-0.3, -0.25) is 0 Å². The first-order chi connectivity index (χ1) is 9.65. The van der Waals surface area contributed by atoms with Crippen LogP contribution in [0, 0.1) is 6.92 Å². The summed E-state index contributed by atoms with van der Waals surface area (Å²) >= 11 is 6.10. The first-order valence-corrected chi connectivity index (χ1v) is 7.17. The minimum Gasteiger partial charge on any atom is -0.495 e. The van der Waals surface area contributed by atoms with Crippen LogP contribution >= 0.6 is 11.6 Å². The molecule has 2 aromatic carbocycles. The predicted octanol–water partition coefficient (Wildman–Crippen LogP) is 4.43. The number of aryl methyl sites for hydroxylation is 1. The van der Waals surface area contributed by atoms with Gasteiger partial charge in [0.15, 0.2) is 0 Å². The zero-order chi connectivity index (χ0) is 14.5. The fourth-order valence-electron chi connectivity index (χ4n) is 2.20. The van der Waals surface area contributed by atoms with Crippen molar-refractivity contribution in [3.05, 3.63) is 52.5 Å². The fraction of sp³-hybridized carbons (Fsp3) is 0.294. The van der Waals surface area contributed by atoms with Crippen LogP contribution < -0.4 is 10.1 Å². The van der Waals surface area contributed by atoms with E-state index in [4.69, 9.17) is 16.3 Å². The van der Waals surface area contributed by atoms with Gasteiger partial charge in [0.05, 0.1) is 12.1 Å². The fourth-order valence-corrected chi connectivity index (χ4v) is 2.39. The summed E-state index contributed by atoms with van der Waals surface area (Å²) in [6, 6.07) is 12.4. The van der Waals surface area contributed by atoms with Crippen LogP contribution in [0.15, 0.2) is 36.4 Å². The van der Waals surface area contributed by atoms with Gasteiger partial charge in [-0.05, 0) is 42.3 Å². The lowest BCUT2D eigenvalue weighted by Crippen LogP contribution is -2.12. The molecule has 0 amide bonds. The summed E-state index contributed by atoms with van der Waals surface area (Å²) in [4.78, 5) is 0. The number of hydrogen-bond acceptors (Lipinski definition) is 2. The Morgan fingerprint density at radius 1 is 1.15 bits per heavy atom. The first-order valence-electron chi connectivity index (χ1n) is 6.80. The number of methoxy groups -OCH3 is 1. The van der Waals surface area contributed by atoms with E-state index < -0.39 is 0 Å². The van der Waals surface area contributed by atoms with E-state index in [2.05, 4.69) is 37.4 Å². The topological polar surface area (TPSA) is 21.3 Å². The number of halogens is 1. The average Bonchev–Trinajstić information content (AvgIpc) is 2.46. The van der Waals surface area contributed by atoms with Gasteiger partial charge < -0.3 is 10.1 Å². The van der Waals surface area contributed by atoms with Crippen LogP contribution in [0.5, 0.6) is 5.75 Å². The Labute approximate surface area is 125 Å². The molecule has 0 bridgehead atoms. The lowest BCUT2D eigenvalue weighted by atomic mass is 9.97. The van der Waals surface area contributed by atoms with Gasteiger partial charge in [-0.15, -0.1) is 0 Å². The van der Waals surface area contributed by atoms with Crippen LogP contribution in [0.4, 0.5) is 0 Å². The molecule has 2 aromatic rings. The van der Waals surface area contributed by atoms with Crippen molar-refractivity contribution >= 4 is 11.6 Å². The van der Waals surface area contributed by atoms with Crippen molar-refractivity contribution in [2.45, 2.75) is 20.4 Å². The van der Waals surface area contributed by atoms with Gasteiger partial charge in [0, 0.05) is 6.54 Å². The lowest BCUT2D eigenvalue weighted by Gasteiger charge is -2.13. The van der Waals surface area contributed by atoms with Crippen molar-refractivity contribution in [2.75, 3.05) is 13.7 Å². The Morgan fingerprint density at radius 3 is 2.65 bits per heavy atom. The third kappa shape index (κ3) is 3.33. The molecule has 106 valence electrons. The lowest BCUT2D eigenvalue weighted by molar-refractivity contribution is 0.415. The van der Waals surface area contributed by atoms with Gasteiger partial charge in [0.2, 0.25) is 0 Å². The maximum atomic E-state index is 6.10. The van der Waals surface area contributed by atoms with E-state index in [1.54, 1.807) is 7.11 Å². The summed E-state index contributed by atoms with van der Waals surface area (Å²) in [6.07, 6.45) is 0. The van der Waals surface area contributed by atoms with Crippen molar-refractivity contribution in [2.24, 2.45) is 0 Å². The van der Waals surface area contributed by atoms with E-state index in [-0.39, 0.29) is 0 Å². The van der Waals surface area contributed by atoms with Crippen LogP contribution in [-0.2, 0) is 6.54 Å². The summed E-state index contributed by atoms with van der Waals surface area (Å²) in [5.41, 5.74) is 4.87. The van der Waals surface area contributed by atoms with Gasteiger partial charge in [-0.25, -0.2) is 0 Å². The number of ether oxygens (including phenoxy) is 1. The third-order valence-electron chi connectivity index (χ3n) is 3.29. The zero-order valence-electron chi connectivity index (χ0n) is 12.2. The second-order valence-corrected chi connectivity index (χ2v) is 5.20. The SMILES string of the molecule is CCNCc1ccc(C)cc1-c1ccc(Cl)c(OC)c1. The maximum Gasteiger partial charge on any atom is 0.138 e. The Balaban J connectivity index is 2.47. The Bertz CT molecular complexity index is 596. The number of benzene rings is 2. The summed E-state index contributed by atoms with van der Waals surface area (Å²) in [6.45, 7) is 6.03. The first kappa shape index (κ1) is 14.9. The summed E-state index contributed by atoms with van der Waals surface area (Å²) in [5, 5.41) is 4.01. The van der Waals surface area contributed by atoms with Gasteiger partial charge in [-0.1, -0.05) is 48.4 Å². The van der Waals surface area contributed by atoms with E-state index in [0.717, 1.165) is 18.7 Å². The molecule has 0 unspecified atom stereocenters. The molecule has 0 saturated carbocycles. The Hall–Kier alpha value is -1.51. The normalized spacial score (nSPS) is 10.6. The van der Waals surface area contributed by atoms with E-state index in [1.165, 1.54) is 16.7 Å². The van der Waals surface area contributed by atoms with Gasteiger partial charge in [0.1, 0.15) is 5.75 Å². The number of nitrogens with one attached hydrogen (secondary N) is 1. The van der Waals surface area contributed by atoms with Crippen LogP contribution in [0.3, 0.4) is 0 Å². The summed E-state index contributed by atoms with van der Waals surface area (Å²) in [5.74, 6) is 0.708. The summed E-state index contributed by atoms with van der Waals surface area (Å²) < 4.78 is 5.31. The molecule has 2 nitrogen and oxygen atoms in total. The molecule has 0 saturated heterocycles. The van der Waals surface area contributed by atoms with Crippen LogP contribution in [0.25, 0.3) is 11.1 Å². The molecule has 0 heterocycles. The molecule has 0 atom stereocenters. The Morgan fingerprint density at radius 2 is 1.95 bits per heavy atom. The second-order valence-electron chi connectivity index (χ2n) is 4.79. The van der Waals surface area contributed by atoms with Crippen LogP contribution in [0.2, 0.25) is 5.02 Å². The van der Waals surface area contributed by atoms with Crippen molar-refractivity contribution in [3.8, 4) is 16.9 Å². The standard InChI is InChI=1S/C17H20ClNO/c1-4-19-11-14-6-5-12(2)9-15(14)13-7-8-16(18)17(10-13)20-3/h5-10,19H,4,11H2,1-3H3. The van der Waals surface area contributed by atoms with Crippen LogP contribution in [0.1, 0.15) is 18.1 Å². The largest absolute Gasteiger partial charge is 0.495 e. The highest BCUT2D eigenvalue weighted by atomic mass is 35.5. The molecule has 0 spiro atoms. The molecular formula is C17H20ClNO. The maximum absolute atomic E-state index is 6.10. The highest BCUT2D eigenvalue weighted by Gasteiger charge is 2.08. The molecule has 0 radical (unpaired) electrons. The van der Waals surface area contributed by atoms with Crippen molar-refractivity contribution in [1.82, 2.24) is 5.32 Å². The number of hydrogen-bond donors (Lipinski definition) is 1. The van der Waals surface area contributed by atoms with Crippen molar-refractivity contribution in [1.29, 1.82) is 0 Å². The van der Waals surface area contributed by atoms with Crippen LogP contribution in [-0.4, -0.2) is 13.7 Å². The molecular weight excluding hydrogens is 270 g/mol. The average molecular weight is 290 g/mol. The Kier molecular flexibility index (Phi) is 5.05. The molecule has 2 rings (SSSR count). The summed E-state index contributed by atoms with van der Waals surface area (Å²) in [7, 11) is 1.64. The minimum absolute atomic E-state index is 0.636. The molecule has 20 heavy (non-hydrogen) atoms. The molecule has 0 aliphatic heterocycles. The van der Waals surface area contributed by atoms with Crippen molar-refractivity contribution in [3.63, 3.8) is 0 Å². The molecule has 1 N–H and O–H groups in total. The molecule has 0 aliphatic carbocycles. The smallest absolute Gasteiger partial charge is 0.138 e. The number of rotatable bonds is 5. The van der Waals surface area contributed by atoms with E-state index in [9.17, 15) is 0 Å². The second kappa shape index (κ2) is 6.78. The molecule has 0 aromatic heterocycles. The van der Waals surface area contributed by atoms with Gasteiger partial charge in [-0.2, -0.15) is 0 Å². The van der Waals surface area contributed by atoms with Gasteiger partial charge >= 0.3 is 0 Å². The zero-order valence-corrected chi connectivity index (χ0v) is 12.9. The quantitative estimate of drug-likeness (QED) is 0.879. The molecule has 3 heteroatoms. The van der Waals surface area contributed by atoms with E-state index >= 15 is 0 Å². The predicted molar refractivity (Wildman–Crippen MR) is 85.6 cm³/mol. The van der Waals surface area contributed by atoms with E-state index in [0.29, 0.717) is 10.8 Å². The van der Waals surface area contributed by atoms with Crippen molar-refractivity contribution < 1.29 is 4.74 Å². The molecule has 0 fully saturated rings. The van der Waals surface area contributed by atoms with Gasteiger partial charge in [0.25, 0.3) is 0 Å².